The molecule has 0 heterocycles. The molecule has 2 atom stereocenters. The Balaban J connectivity index is 3.05. The molecule has 0 saturated heterocycles. The molecule has 1 aliphatic carbocycles. The smallest absolute Gasteiger partial charge is 0.302 e. The van der Waals surface area contributed by atoms with E-state index >= 15 is 0 Å². The molecule has 1 saturated carbocycles. The van der Waals surface area contributed by atoms with Crippen molar-refractivity contribution < 1.29 is 14.6 Å². The van der Waals surface area contributed by atoms with Crippen LogP contribution in [-0.2, 0) is 9.53 Å². The number of halogens is 1. The highest BCUT2D eigenvalue weighted by atomic mass is 127. The van der Waals surface area contributed by atoms with Crippen molar-refractivity contribution in [3.63, 3.8) is 0 Å². The van der Waals surface area contributed by atoms with E-state index in [0.29, 0.717) is 6.42 Å². The van der Waals surface area contributed by atoms with E-state index < -0.39 is 5.60 Å². The summed E-state index contributed by atoms with van der Waals surface area (Å²) >= 11 is 2.09. The average molecular weight is 350 g/mol. The second-order valence-corrected chi connectivity index (χ2v) is 6.05. The van der Waals surface area contributed by atoms with E-state index in [-0.39, 0.29) is 17.5 Å². The van der Waals surface area contributed by atoms with E-state index in [4.69, 9.17) is 4.74 Å². The normalized spacial score (nSPS) is 31.6. The quantitative estimate of drug-likeness (QED) is 0.449. The van der Waals surface area contributed by atoms with Gasteiger partial charge in [-0.25, -0.2) is 0 Å². The van der Waals surface area contributed by atoms with E-state index in [1.807, 2.05) is 13.8 Å². The van der Waals surface area contributed by atoms with Gasteiger partial charge in [-0.3, -0.25) is 4.79 Å². The minimum atomic E-state index is -0.969. The van der Waals surface area contributed by atoms with Crippen molar-refractivity contribution in [1.29, 1.82) is 0 Å². The predicted octanol–water partition coefficient (Wildman–Crippen LogP) is 2.96. The zero-order valence-electron chi connectivity index (χ0n) is 10.7. The van der Waals surface area contributed by atoms with Crippen LogP contribution in [0.25, 0.3) is 0 Å². The second kappa shape index (κ2) is 5.12. The Morgan fingerprint density at radius 3 is 2.53 bits per heavy atom. The molecule has 3 nitrogen and oxygen atoms in total. The highest BCUT2D eigenvalue weighted by Crippen LogP contribution is 2.46. The van der Waals surface area contributed by atoms with Gasteiger partial charge in [0.15, 0.2) is 0 Å². The molecule has 0 spiro atoms. The summed E-state index contributed by atoms with van der Waals surface area (Å²) < 4.78 is 7.02. The lowest BCUT2D eigenvalue weighted by Gasteiger charge is -2.44. The van der Waals surface area contributed by atoms with Crippen molar-refractivity contribution in [2.24, 2.45) is 5.41 Å². The van der Waals surface area contributed by atoms with Crippen LogP contribution in [0.2, 0.25) is 0 Å². The van der Waals surface area contributed by atoms with Crippen LogP contribution >= 0.6 is 22.6 Å². The van der Waals surface area contributed by atoms with Gasteiger partial charge in [-0.15, -0.1) is 5.73 Å². The number of rotatable bonds is 1. The van der Waals surface area contributed by atoms with Crippen LogP contribution < -0.4 is 0 Å². The van der Waals surface area contributed by atoms with Crippen LogP contribution in [0, 0.1) is 5.41 Å². The molecule has 0 amide bonds. The number of esters is 1. The Kier molecular flexibility index (Phi) is 4.44. The van der Waals surface area contributed by atoms with Crippen molar-refractivity contribution in [2.75, 3.05) is 0 Å². The number of carbonyl (C=O) groups excluding carboxylic acids is 1. The van der Waals surface area contributed by atoms with Crippen LogP contribution in [0.15, 0.2) is 15.4 Å². The molecule has 1 fully saturated rings. The summed E-state index contributed by atoms with van der Waals surface area (Å²) in [6.07, 6.45) is 0.926. The fourth-order valence-electron chi connectivity index (χ4n) is 2.74. The first kappa shape index (κ1) is 14.7. The van der Waals surface area contributed by atoms with Crippen LogP contribution in [0.5, 0.6) is 0 Å². The minimum absolute atomic E-state index is 0.219. The molecule has 0 radical (unpaired) electrons. The lowest BCUT2D eigenvalue weighted by Crippen LogP contribution is -2.46. The molecule has 1 rings (SSSR count). The molecule has 1 N–H and O–H groups in total. The van der Waals surface area contributed by atoms with E-state index in [2.05, 4.69) is 28.3 Å². The van der Waals surface area contributed by atoms with E-state index in [1.54, 1.807) is 11.0 Å². The molecular formula is C13H19IO3. The molecule has 0 aliphatic heterocycles. The third-order valence-corrected chi connectivity index (χ3v) is 3.42. The molecule has 0 bridgehead atoms. The van der Waals surface area contributed by atoms with Gasteiger partial charge in [-0.2, -0.15) is 0 Å². The molecule has 1 aliphatic rings. The fraction of sp³-hybridized carbons (Fsp3) is 0.692. The van der Waals surface area contributed by atoms with Crippen molar-refractivity contribution in [3.05, 3.63) is 15.4 Å². The molecular weight excluding hydrogens is 331 g/mol. The Morgan fingerprint density at radius 1 is 1.53 bits per heavy atom. The maximum Gasteiger partial charge on any atom is 0.302 e. The Hall–Kier alpha value is -0.320. The van der Waals surface area contributed by atoms with Gasteiger partial charge in [0.05, 0.1) is 5.60 Å². The highest BCUT2D eigenvalue weighted by Gasteiger charge is 2.45. The summed E-state index contributed by atoms with van der Waals surface area (Å²) in [6, 6.07) is 0. The molecule has 4 heteroatoms. The van der Waals surface area contributed by atoms with Gasteiger partial charge in [0.1, 0.15) is 6.10 Å². The largest absolute Gasteiger partial charge is 0.462 e. The van der Waals surface area contributed by atoms with Crippen LogP contribution in [0.1, 0.15) is 40.5 Å². The topological polar surface area (TPSA) is 46.5 Å². The number of aliphatic hydroxyl groups is 1. The third-order valence-electron chi connectivity index (χ3n) is 3.11. The minimum Gasteiger partial charge on any atom is -0.462 e. The Labute approximate surface area is 116 Å². The Morgan fingerprint density at radius 2 is 2.12 bits per heavy atom. The first-order chi connectivity index (χ1) is 7.69. The number of hydrogen-bond donors (Lipinski definition) is 1. The van der Waals surface area contributed by atoms with Crippen molar-refractivity contribution in [2.45, 2.75) is 52.2 Å². The first-order valence-electron chi connectivity index (χ1n) is 5.65. The molecule has 0 aromatic rings. The summed E-state index contributed by atoms with van der Waals surface area (Å²) in [7, 11) is 0. The number of ether oxygens (including phenoxy) is 1. The van der Waals surface area contributed by atoms with Gasteiger partial charge in [0.25, 0.3) is 0 Å². The summed E-state index contributed by atoms with van der Waals surface area (Å²) in [5.41, 5.74) is 2.82. The summed E-state index contributed by atoms with van der Waals surface area (Å²) in [5, 5.41) is 10.5. The molecule has 17 heavy (non-hydrogen) atoms. The van der Waals surface area contributed by atoms with E-state index in [9.17, 15) is 9.90 Å². The maximum absolute atomic E-state index is 11.0. The van der Waals surface area contributed by atoms with Gasteiger partial charge in [0.2, 0.25) is 0 Å². The molecule has 0 aromatic heterocycles. The van der Waals surface area contributed by atoms with Gasteiger partial charge in [-0.1, -0.05) is 13.8 Å². The predicted molar refractivity (Wildman–Crippen MR) is 74.8 cm³/mol. The number of hydrogen-bond acceptors (Lipinski definition) is 3. The van der Waals surface area contributed by atoms with E-state index in [1.165, 1.54) is 6.92 Å². The van der Waals surface area contributed by atoms with Gasteiger partial charge in [0, 0.05) is 23.0 Å². The van der Waals surface area contributed by atoms with Crippen LogP contribution in [-0.4, -0.2) is 22.8 Å². The molecule has 0 unspecified atom stereocenters. The SMILES string of the molecule is CC(=O)O[C@H]1CC(C)(C)C(=C=CI)[C@](C)(O)C1. The van der Waals surface area contributed by atoms with Gasteiger partial charge >= 0.3 is 5.97 Å². The van der Waals surface area contributed by atoms with Crippen molar-refractivity contribution >= 4 is 28.6 Å². The first-order valence-corrected chi connectivity index (χ1v) is 6.89. The van der Waals surface area contributed by atoms with Gasteiger partial charge < -0.3 is 9.84 Å². The Bertz CT molecular complexity index is 356. The molecule has 96 valence electrons. The van der Waals surface area contributed by atoms with E-state index in [0.717, 1.165) is 12.0 Å². The summed E-state index contributed by atoms with van der Waals surface area (Å²) in [4.78, 5) is 11.0. The van der Waals surface area contributed by atoms with Crippen LogP contribution in [0.3, 0.4) is 0 Å². The second-order valence-electron chi connectivity index (χ2n) is 5.43. The van der Waals surface area contributed by atoms with Crippen LogP contribution in [0.4, 0.5) is 0 Å². The fourth-order valence-corrected chi connectivity index (χ4v) is 3.05. The van der Waals surface area contributed by atoms with Gasteiger partial charge in [-0.05, 0) is 41.4 Å². The summed E-state index contributed by atoms with van der Waals surface area (Å²) in [6.45, 7) is 7.24. The summed E-state index contributed by atoms with van der Waals surface area (Å²) in [5.74, 6) is -0.293. The zero-order valence-corrected chi connectivity index (χ0v) is 12.9. The molecule has 0 aromatic carbocycles. The standard InChI is InChI=1S/C13H19IO3/c1-9(15)17-10-7-12(2,3)11(5-6-14)13(4,16)8-10/h6,10,16H,7-8H2,1-4H3/t5?,10-,13+/m0/s1. The lowest BCUT2D eigenvalue weighted by atomic mass is 9.65. The average Bonchev–Trinajstić information content (AvgIpc) is 2.08. The lowest BCUT2D eigenvalue weighted by molar-refractivity contribution is -0.152. The monoisotopic (exact) mass is 350 g/mol. The maximum atomic E-state index is 11.0. The highest BCUT2D eigenvalue weighted by molar-refractivity contribution is 14.1. The zero-order chi connectivity index (χ0) is 13.3. The van der Waals surface area contributed by atoms with Crippen molar-refractivity contribution in [1.82, 2.24) is 0 Å². The number of carbonyl (C=O) groups is 1. The third kappa shape index (κ3) is 3.57. The van der Waals surface area contributed by atoms with Crippen molar-refractivity contribution in [3.8, 4) is 0 Å².